The zero-order chi connectivity index (χ0) is 15.8. The van der Waals surface area contributed by atoms with Crippen molar-refractivity contribution >= 4 is 33.2 Å². The van der Waals surface area contributed by atoms with Crippen LogP contribution in [0.4, 0.5) is 0 Å². The maximum Gasteiger partial charge on any atom is 0.242 e. The molecule has 0 saturated heterocycles. The Labute approximate surface area is 136 Å². The molecule has 21 heavy (non-hydrogen) atoms. The molecule has 0 aliphatic heterocycles. The molecule has 1 saturated carbocycles. The van der Waals surface area contributed by atoms with Gasteiger partial charge in [0.05, 0.1) is 5.02 Å². The monoisotopic (exact) mass is 350 g/mol. The fraction of sp³-hybridized carbons (Fsp3) is 0.571. The van der Waals surface area contributed by atoms with Crippen molar-refractivity contribution in [2.45, 2.75) is 56.6 Å². The van der Waals surface area contributed by atoms with E-state index >= 15 is 0 Å². The number of hydrogen-bond acceptors (Lipinski definition) is 3. The van der Waals surface area contributed by atoms with E-state index in [0.717, 1.165) is 12.8 Å². The molecule has 0 aromatic heterocycles. The predicted molar refractivity (Wildman–Crippen MR) is 86.4 cm³/mol. The minimum atomic E-state index is -3.66. The first kappa shape index (κ1) is 17.0. The van der Waals surface area contributed by atoms with Crippen LogP contribution in [0.2, 0.25) is 10.0 Å². The number of hydrogen-bond donors (Lipinski definition) is 2. The van der Waals surface area contributed by atoms with E-state index < -0.39 is 10.0 Å². The summed E-state index contributed by atoms with van der Waals surface area (Å²) < 4.78 is 27.6. The van der Waals surface area contributed by atoms with Gasteiger partial charge in [-0.05, 0) is 37.5 Å². The van der Waals surface area contributed by atoms with Gasteiger partial charge in [-0.1, -0.05) is 37.0 Å². The second kappa shape index (κ2) is 6.05. The Morgan fingerprint density at radius 1 is 1.29 bits per heavy atom. The highest BCUT2D eigenvalue weighted by Crippen LogP contribution is 2.37. The summed E-state index contributed by atoms with van der Waals surface area (Å²) in [5.74, 6) is 0. The number of nitrogens with one attached hydrogen (secondary N) is 2. The average molecular weight is 351 g/mol. The van der Waals surface area contributed by atoms with Crippen molar-refractivity contribution in [3.05, 3.63) is 27.7 Å². The second-order valence-corrected chi connectivity index (χ2v) is 8.54. The Kier molecular flexibility index (Phi) is 4.90. The van der Waals surface area contributed by atoms with Gasteiger partial charge in [0.15, 0.2) is 0 Å². The summed E-state index contributed by atoms with van der Waals surface area (Å²) in [7, 11) is -3.66. The highest BCUT2D eigenvalue weighted by molar-refractivity contribution is 7.89. The summed E-state index contributed by atoms with van der Waals surface area (Å²) in [4.78, 5) is 0.0466. The van der Waals surface area contributed by atoms with Gasteiger partial charge in [-0.3, -0.25) is 0 Å². The van der Waals surface area contributed by atoms with E-state index in [-0.39, 0.29) is 21.5 Å². The Morgan fingerprint density at radius 2 is 1.90 bits per heavy atom. The fourth-order valence-corrected chi connectivity index (χ4v) is 4.32. The normalized spacial score (nSPS) is 17.2. The standard InChI is InChI=1S/C14H20Cl2N2O2S/c1-9(2)17-8-10-6-11(15)7-12(13(10)16)21(19,20)18-14(3)4-5-14/h6-7,9,17-18H,4-5,8H2,1-3H3. The fourth-order valence-electron chi connectivity index (χ4n) is 1.93. The number of benzene rings is 1. The van der Waals surface area contributed by atoms with Crippen molar-refractivity contribution in [1.29, 1.82) is 0 Å². The average Bonchev–Trinajstić information content (AvgIpc) is 3.06. The number of rotatable bonds is 6. The zero-order valence-electron chi connectivity index (χ0n) is 12.3. The quantitative estimate of drug-likeness (QED) is 0.827. The molecule has 2 rings (SSSR count). The molecule has 0 unspecified atom stereocenters. The van der Waals surface area contributed by atoms with Crippen molar-refractivity contribution in [2.24, 2.45) is 0 Å². The third-order valence-corrected chi connectivity index (χ3v) is 5.89. The molecule has 0 bridgehead atoms. The minimum Gasteiger partial charge on any atom is -0.310 e. The predicted octanol–water partition coefficient (Wildman–Crippen LogP) is 3.32. The van der Waals surface area contributed by atoms with Gasteiger partial charge in [0.2, 0.25) is 10.0 Å². The molecule has 0 spiro atoms. The molecule has 0 radical (unpaired) electrons. The van der Waals surface area contributed by atoms with Gasteiger partial charge in [0.25, 0.3) is 0 Å². The van der Waals surface area contributed by atoms with Gasteiger partial charge in [0.1, 0.15) is 4.90 Å². The molecule has 1 fully saturated rings. The molecule has 1 aromatic carbocycles. The van der Waals surface area contributed by atoms with E-state index in [4.69, 9.17) is 23.2 Å². The Morgan fingerprint density at radius 3 is 2.43 bits per heavy atom. The Hall–Kier alpha value is -0.330. The van der Waals surface area contributed by atoms with Crippen molar-refractivity contribution in [1.82, 2.24) is 10.0 Å². The number of halogens is 2. The molecule has 4 nitrogen and oxygen atoms in total. The van der Waals surface area contributed by atoms with E-state index in [2.05, 4.69) is 10.0 Å². The summed E-state index contributed by atoms with van der Waals surface area (Å²) in [6.45, 7) is 6.36. The molecule has 0 atom stereocenters. The van der Waals surface area contributed by atoms with Gasteiger partial charge in [-0.2, -0.15) is 0 Å². The molecule has 7 heteroatoms. The first-order chi connectivity index (χ1) is 9.63. The van der Waals surface area contributed by atoms with Crippen LogP contribution in [-0.2, 0) is 16.6 Å². The maximum atomic E-state index is 12.5. The summed E-state index contributed by atoms with van der Waals surface area (Å²) in [5.41, 5.74) is 0.333. The van der Waals surface area contributed by atoms with Crippen LogP contribution >= 0.6 is 23.2 Å². The molecular formula is C14H20Cl2N2O2S. The van der Waals surface area contributed by atoms with E-state index in [1.807, 2.05) is 20.8 Å². The second-order valence-electron chi connectivity index (χ2n) is 6.08. The third-order valence-electron chi connectivity index (χ3n) is 3.45. The molecule has 118 valence electrons. The SMILES string of the molecule is CC(C)NCc1cc(Cl)cc(S(=O)(=O)NC2(C)CC2)c1Cl. The molecule has 1 aliphatic rings. The summed E-state index contributed by atoms with van der Waals surface area (Å²) >= 11 is 12.3. The molecule has 2 N–H and O–H groups in total. The molecule has 0 amide bonds. The summed E-state index contributed by atoms with van der Waals surface area (Å²) in [6, 6.07) is 3.36. The van der Waals surface area contributed by atoms with E-state index in [1.165, 1.54) is 6.07 Å². The van der Waals surface area contributed by atoms with Crippen LogP contribution in [0, 0.1) is 0 Å². The number of sulfonamides is 1. The third kappa shape index (κ3) is 4.33. The van der Waals surface area contributed by atoms with Gasteiger partial charge in [-0.15, -0.1) is 0 Å². The zero-order valence-corrected chi connectivity index (χ0v) is 14.7. The van der Waals surface area contributed by atoms with Gasteiger partial charge >= 0.3 is 0 Å². The van der Waals surface area contributed by atoms with Crippen LogP contribution in [0.15, 0.2) is 17.0 Å². The summed E-state index contributed by atoms with van der Waals surface area (Å²) in [6.07, 6.45) is 1.68. The van der Waals surface area contributed by atoms with Gasteiger partial charge < -0.3 is 5.32 Å². The molecule has 1 aliphatic carbocycles. The molecule has 0 heterocycles. The maximum absolute atomic E-state index is 12.5. The van der Waals surface area contributed by atoms with Crippen LogP contribution in [0.25, 0.3) is 0 Å². The van der Waals surface area contributed by atoms with Crippen molar-refractivity contribution in [3.63, 3.8) is 0 Å². The lowest BCUT2D eigenvalue weighted by Crippen LogP contribution is -2.34. The minimum absolute atomic E-state index is 0.0466. The highest BCUT2D eigenvalue weighted by Gasteiger charge is 2.41. The van der Waals surface area contributed by atoms with Gasteiger partial charge in [-0.25, -0.2) is 13.1 Å². The van der Waals surface area contributed by atoms with Crippen molar-refractivity contribution in [2.75, 3.05) is 0 Å². The summed E-state index contributed by atoms with van der Waals surface area (Å²) in [5, 5.41) is 3.80. The van der Waals surface area contributed by atoms with Crippen LogP contribution in [0.1, 0.15) is 39.2 Å². The molecular weight excluding hydrogens is 331 g/mol. The Bertz CT molecular complexity index is 641. The van der Waals surface area contributed by atoms with Crippen molar-refractivity contribution in [3.8, 4) is 0 Å². The topological polar surface area (TPSA) is 58.2 Å². The lowest BCUT2D eigenvalue weighted by Gasteiger charge is -2.16. The largest absolute Gasteiger partial charge is 0.310 e. The van der Waals surface area contributed by atoms with E-state index in [0.29, 0.717) is 17.1 Å². The highest BCUT2D eigenvalue weighted by atomic mass is 35.5. The smallest absolute Gasteiger partial charge is 0.242 e. The first-order valence-corrected chi connectivity index (χ1v) is 9.12. The lowest BCUT2D eigenvalue weighted by molar-refractivity contribution is 0.557. The van der Waals surface area contributed by atoms with Crippen molar-refractivity contribution < 1.29 is 8.42 Å². The van der Waals surface area contributed by atoms with Crippen LogP contribution in [0.3, 0.4) is 0 Å². The molecule has 1 aromatic rings. The van der Waals surface area contributed by atoms with Crippen LogP contribution in [-0.4, -0.2) is 20.0 Å². The van der Waals surface area contributed by atoms with Crippen LogP contribution < -0.4 is 10.0 Å². The van der Waals surface area contributed by atoms with E-state index in [9.17, 15) is 8.42 Å². The van der Waals surface area contributed by atoms with Gasteiger partial charge in [0, 0.05) is 23.1 Å². The van der Waals surface area contributed by atoms with Crippen LogP contribution in [0.5, 0.6) is 0 Å². The Balaban J connectivity index is 2.34. The lowest BCUT2D eigenvalue weighted by atomic mass is 10.2. The first-order valence-electron chi connectivity index (χ1n) is 6.88. The van der Waals surface area contributed by atoms with E-state index in [1.54, 1.807) is 6.07 Å².